The van der Waals surface area contributed by atoms with Crippen molar-refractivity contribution in [3.8, 4) is 0 Å². The standard InChI is InChI=1S/C18H32N2O2/c21-17-15(11-5-7-13-19-17)9-3-1-2-4-10-16-12-6-8-14-20-18(16)22/h15-16H,1-14H2,(H,19,21)(H,20,22). The van der Waals surface area contributed by atoms with Crippen LogP contribution < -0.4 is 10.6 Å². The van der Waals surface area contributed by atoms with E-state index in [4.69, 9.17) is 0 Å². The summed E-state index contributed by atoms with van der Waals surface area (Å²) < 4.78 is 0. The Morgan fingerprint density at radius 1 is 0.682 bits per heavy atom. The second-order valence-corrected chi connectivity index (χ2v) is 6.96. The minimum Gasteiger partial charge on any atom is -0.356 e. The van der Waals surface area contributed by atoms with Crippen molar-refractivity contribution in [2.45, 2.75) is 77.0 Å². The summed E-state index contributed by atoms with van der Waals surface area (Å²) in [5.74, 6) is 1.03. The van der Waals surface area contributed by atoms with Crippen LogP contribution in [0.25, 0.3) is 0 Å². The monoisotopic (exact) mass is 308 g/mol. The van der Waals surface area contributed by atoms with Crippen LogP contribution in [0.1, 0.15) is 77.0 Å². The first-order valence-corrected chi connectivity index (χ1v) is 9.33. The number of nitrogens with one attached hydrogen (secondary N) is 2. The van der Waals surface area contributed by atoms with Gasteiger partial charge in [-0.25, -0.2) is 0 Å². The molecule has 2 N–H and O–H groups in total. The first-order chi connectivity index (χ1) is 10.8. The molecule has 2 rings (SSSR count). The number of hydrogen-bond donors (Lipinski definition) is 2. The molecule has 2 saturated heterocycles. The summed E-state index contributed by atoms with van der Waals surface area (Å²) >= 11 is 0. The van der Waals surface area contributed by atoms with Crippen LogP contribution in [0.2, 0.25) is 0 Å². The molecule has 0 bridgehead atoms. The highest BCUT2D eigenvalue weighted by molar-refractivity contribution is 5.79. The molecule has 2 fully saturated rings. The lowest BCUT2D eigenvalue weighted by Gasteiger charge is -2.14. The fourth-order valence-corrected chi connectivity index (χ4v) is 3.69. The molecule has 2 aliphatic rings. The Morgan fingerprint density at radius 2 is 1.14 bits per heavy atom. The molecule has 126 valence electrons. The number of rotatable bonds is 7. The van der Waals surface area contributed by atoms with Crippen LogP contribution in [-0.4, -0.2) is 24.9 Å². The van der Waals surface area contributed by atoms with Crippen molar-refractivity contribution in [2.75, 3.05) is 13.1 Å². The molecular formula is C18H32N2O2. The Bertz CT molecular complexity index is 323. The van der Waals surface area contributed by atoms with Gasteiger partial charge in [-0.3, -0.25) is 9.59 Å². The fraction of sp³-hybridized carbons (Fsp3) is 0.889. The molecular weight excluding hydrogens is 276 g/mol. The van der Waals surface area contributed by atoms with Gasteiger partial charge < -0.3 is 10.6 Å². The second kappa shape index (κ2) is 9.86. The lowest BCUT2D eigenvalue weighted by atomic mass is 9.93. The number of amides is 2. The Balaban J connectivity index is 1.53. The maximum Gasteiger partial charge on any atom is 0.223 e. The normalized spacial score (nSPS) is 26.7. The van der Waals surface area contributed by atoms with Gasteiger partial charge in [-0.05, 0) is 38.5 Å². The maximum atomic E-state index is 11.9. The van der Waals surface area contributed by atoms with Crippen LogP contribution in [0.3, 0.4) is 0 Å². The van der Waals surface area contributed by atoms with E-state index in [9.17, 15) is 9.59 Å². The molecule has 2 aliphatic heterocycles. The molecule has 0 aromatic heterocycles. The molecule has 0 radical (unpaired) electrons. The number of unbranched alkanes of at least 4 members (excludes halogenated alkanes) is 3. The van der Waals surface area contributed by atoms with Crippen molar-refractivity contribution in [3.05, 3.63) is 0 Å². The van der Waals surface area contributed by atoms with Crippen molar-refractivity contribution in [2.24, 2.45) is 11.8 Å². The lowest BCUT2D eigenvalue weighted by molar-refractivity contribution is -0.125. The summed E-state index contributed by atoms with van der Waals surface area (Å²) in [4.78, 5) is 23.7. The van der Waals surface area contributed by atoms with E-state index < -0.39 is 0 Å². The molecule has 0 spiro atoms. The zero-order valence-corrected chi connectivity index (χ0v) is 13.9. The fourth-order valence-electron chi connectivity index (χ4n) is 3.69. The third kappa shape index (κ3) is 5.98. The van der Waals surface area contributed by atoms with E-state index in [-0.39, 0.29) is 23.7 Å². The van der Waals surface area contributed by atoms with E-state index in [1.165, 1.54) is 25.7 Å². The van der Waals surface area contributed by atoms with Gasteiger partial charge in [0.15, 0.2) is 0 Å². The molecule has 4 heteroatoms. The van der Waals surface area contributed by atoms with Gasteiger partial charge in [0, 0.05) is 24.9 Å². The van der Waals surface area contributed by atoms with Crippen LogP contribution in [-0.2, 0) is 9.59 Å². The van der Waals surface area contributed by atoms with Crippen LogP contribution in [0.5, 0.6) is 0 Å². The lowest BCUT2D eigenvalue weighted by Crippen LogP contribution is -2.29. The average Bonchev–Trinajstić information content (AvgIpc) is 2.84. The average molecular weight is 308 g/mol. The van der Waals surface area contributed by atoms with Crippen LogP contribution in [0.15, 0.2) is 0 Å². The van der Waals surface area contributed by atoms with Crippen molar-refractivity contribution < 1.29 is 9.59 Å². The van der Waals surface area contributed by atoms with Crippen molar-refractivity contribution in [3.63, 3.8) is 0 Å². The zero-order valence-electron chi connectivity index (χ0n) is 13.9. The summed E-state index contributed by atoms with van der Waals surface area (Å²) in [5, 5.41) is 6.03. The SMILES string of the molecule is O=C1NCCCCC1CCCCCCC1CCCCNC1=O. The van der Waals surface area contributed by atoms with Crippen molar-refractivity contribution in [1.29, 1.82) is 0 Å². The molecule has 0 aliphatic carbocycles. The van der Waals surface area contributed by atoms with Gasteiger partial charge in [-0.15, -0.1) is 0 Å². The van der Waals surface area contributed by atoms with Gasteiger partial charge in [0.25, 0.3) is 0 Å². The van der Waals surface area contributed by atoms with Crippen LogP contribution >= 0.6 is 0 Å². The molecule has 2 unspecified atom stereocenters. The van der Waals surface area contributed by atoms with E-state index in [1.54, 1.807) is 0 Å². The van der Waals surface area contributed by atoms with Gasteiger partial charge in [0.2, 0.25) is 11.8 Å². The van der Waals surface area contributed by atoms with Gasteiger partial charge in [0.05, 0.1) is 0 Å². The Morgan fingerprint density at radius 3 is 1.59 bits per heavy atom. The molecule has 0 saturated carbocycles. The second-order valence-electron chi connectivity index (χ2n) is 6.96. The highest BCUT2D eigenvalue weighted by Crippen LogP contribution is 2.22. The molecule has 2 heterocycles. The van der Waals surface area contributed by atoms with Gasteiger partial charge >= 0.3 is 0 Å². The van der Waals surface area contributed by atoms with Gasteiger partial charge in [-0.1, -0.05) is 38.5 Å². The summed E-state index contributed by atoms with van der Waals surface area (Å²) in [6.07, 6.45) is 13.5. The van der Waals surface area contributed by atoms with E-state index in [2.05, 4.69) is 10.6 Å². The van der Waals surface area contributed by atoms with Gasteiger partial charge in [0.1, 0.15) is 0 Å². The summed E-state index contributed by atoms with van der Waals surface area (Å²) in [5.41, 5.74) is 0. The summed E-state index contributed by atoms with van der Waals surface area (Å²) in [6, 6.07) is 0. The van der Waals surface area contributed by atoms with Crippen molar-refractivity contribution >= 4 is 11.8 Å². The minimum absolute atomic E-state index is 0.245. The number of carbonyl (C=O) groups excluding carboxylic acids is 2. The number of hydrogen-bond acceptors (Lipinski definition) is 2. The van der Waals surface area contributed by atoms with Crippen molar-refractivity contribution in [1.82, 2.24) is 10.6 Å². The first kappa shape index (κ1) is 17.3. The third-order valence-corrected chi connectivity index (χ3v) is 5.15. The third-order valence-electron chi connectivity index (χ3n) is 5.15. The summed E-state index contributed by atoms with van der Waals surface area (Å²) in [7, 11) is 0. The summed E-state index contributed by atoms with van der Waals surface area (Å²) in [6.45, 7) is 1.72. The van der Waals surface area contributed by atoms with E-state index in [1.807, 2.05) is 0 Å². The predicted molar refractivity (Wildman–Crippen MR) is 88.4 cm³/mol. The van der Waals surface area contributed by atoms with Crippen LogP contribution in [0, 0.1) is 11.8 Å². The molecule has 0 aromatic carbocycles. The first-order valence-electron chi connectivity index (χ1n) is 9.33. The van der Waals surface area contributed by atoms with E-state index in [0.717, 1.165) is 64.5 Å². The van der Waals surface area contributed by atoms with E-state index >= 15 is 0 Å². The highest BCUT2D eigenvalue weighted by atomic mass is 16.2. The molecule has 2 amide bonds. The molecule has 0 aromatic rings. The number of carbonyl (C=O) groups is 2. The van der Waals surface area contributed by atoms with Crippen LogP contribution in [0.4, 0.5) is 0 Å². The molecule has 4 nitrogen and oxygen atoms in total. The molecule has 2 atom stereocenters. The van der Waals surface area contributed by atoms with Gasteiger partial charge in [-0.2, -0.15) is 0 Å². The zero-order chi connectivity index (χ0) is 15.6. The minimum atomic E-state index is 0.245. The maximum absolute atomic E-state index is 11.9. The Labute approximate surface area is 134 Å². The predicted octanol–water partition coefficient (Wildman–Crippen LogP) is 3.16. The molecule has 22 heavy (non-hydrogen) atoms. The Kier molecular flexibility index (Phi) is 7.75. The highest BCUT2D eigenvalue weighted by Gasteiger charge is 2.21. The Hall–Kier alpha value is -1.06. The van der Waals surface area contributed by atoms with E-state index in [0.29, 0.717) is 0 Å². The largest absolute Gasteiger partial charge is 0.356 e. The topological polar surface area (TPSA) is 58.2 Å². The smallest absolute Gasteiger partial charge is 0.223 e. The quantitative estimate of drug-likeness (QED) is 0.710.